The molecule has 1 N–H and O–H groups in total. The van der Waals surface area contributed by atoms with Gasteiger partial charge in [-0.15, -0.1) is 0 Å². The number of nitrogens with one attached hydrogen (secondary N) is 1. The first-order chi connectivity index (χ1) is 8.17. The van der Waals surface area contributed by atoms with Crippen LogP contribution in [-0.4, -0.2) is 26.4 Å². The van der Waals surface area contributed by atoms with Gasteiger partial charge in [0.1, 0.15) is 5.75 Å². The highest BCUT2D eigenvalue weighted by molar-refractivity contribution is 9.10. The second-order valence-electron chi connectivity index (χ2n) is 3.85. The van der Waals surface area contributed by atoms with Crippen LogP contribution in [0.3, 0.4) is 0 Å². The van der Waals surface area contributed by atoms with Crippen molar-refractivity contribution in [3.05, 3.63) is 28.2 Å². The summed E-state index contributed by atoms with van der Waals surface area (Å²) in [4.78, 5) is 0. The van der Waals surface area contributed by atoms with Crippen molar-refractivity contribution in [2.75, 3.05) is 20.3 Å². The van der Waals surface area contributed by atoms with E-state index in [4.69, 9.17) is 9.47 Å². The Morgan fingerprint density at radius 2 is 2.18 bits per heavy atom. The molecule has 17 heavy (non-hydrogen) atoms. The summed E-state index contributed by atoms with van der Waals surface area (Å²) in [5.74, 6) is 0.864. The van der Waals surface area contributed by atoms with Gasteiger partial charge in [0.15, 0.2) is 0 Å². The average Bonchev–Trinajstić information content (AvgIpc) is 2.31. The Morgan fingerprint density at radius 1 is 1.41 bits per heavy atom. The van der Waals surface area contributed by atoms with Crippen LogP contribution in [0, 0.1) is 0 Å². The summed E-state index contributed by atoms with van der Waals surface area (Å²) in [6, 6.07) is 6.00. The highest BCUT2D eigenvalue weighted by Gasteiger charge is 2.03. The van der Waals surface area contributed by atoms with Gasteiger partial charge in [-0.2, -0.15) is 0 Å². The van der Waals surface area contributed by atoms with Crippen LogP contribution in [0.4, 0.5) is 0 Å². The summed E-state index contributed by atoms with van der Waals surface area (Å²) in [5.41, 5.74) is 1.22. The number of hydrogen-bond acceptors (Lipinski definition) is 3. The Morgan fingerprint density at radius 3 is 2.76 bits per heavy atom. The SMILES string of the molecule is CCOC(C)CNCc1ccc(OC)cc1Br. The predicted octanol–water partition coefficient (Wildman–Crippen LogP) is 2.97. The third-order valence-corrected chi connectivity index (χ3v) is 3.20. The Hall–Kier alpha value is -0.580. The summed E-state index contributed by atoms with van der Waals surface area (Å²) in [6.07, 6.45) is 0.247. The second-order valence-corrected chi connectivity index (χ2v) is 4.71. The van der Waals surface area contributed by atoms with E-state index in [1.54, 1.807) is 7.11 Å². The molecule has 0 fully saturated rings. The van der Waals surface area contributed by atoms with Gasteiger partial charge in [0.25, 0.3) is 0 Å². The van der Waals surface area contributed by atoms with Crippen molar-refractivity contribution >= 4 is 15.9 Å². The van der Waals surface area contributed by atoms with Gasteiger partial charge >= 0.3 is 0 Å². The van der Waals surface area contributed by atoms with E-state index >= 15 is 0 Å². The highest BCUT2D eigenvalue weighted by Crippen LogP contribution is 2.22. The molecule has 1 atom stereocenters. The molecule has 0 radical (unpaired) electrons. The van der Waals surface area contributed by atoms with Crippen molar-refractivity contribution in [3.63, 3.8) is 0 Å². The molecule has 1 unspecified atom stereocenters. The van der Waals surface area contributed by atoms with Gasteiger partial charge in [-0.3, -0.25) is 0 Å². The van der Waals surface area contributed by atoms with E-state index in [-0.39, 0.29) is 6.10 Å². The Balaban J connectivity index is 2.41. The van der Waals surface area contributed by atoms with Crippen LogP contribution in [0.25, 0.3) is 0 Å². The minimum absolute atomic E-state index is 0.247. The van der Waals surface area contributed by atoms with Gasteiger partial charge in [0.05, 0.1) is 13.2 Å². The number of benzene rings is 1. The molecule has 96 valence electrons. The molecule has 0 aromatic heterocycles. The van der Waals surface area contributed by atoms with Crippen LogP contribution in [0.2, 0.25) is 0 Å². The first kappa shape index (κ1) is 14.5. The predicted molar refractivity (Wildman–Crippen MR) is 73.5 cm³/mol. The second kappa shape index (κ2) is 7.69. The van der Waals surface area contributed by atoms with Crippen LogP contribution in [0.1, 0.15) is 19.4 Å². The lowest BCUT2D eigenvalue weighted by Crippen LogP contribution is -2.26. The normalized spacial score (nSPS) is 12.5. The lowest BCUT2D eigenvalue weighted by Gasteiger charge is -2.13. The van der Waals surface area contributed by atoms with E-state index in [0.29, 0.717) is 0 Å². The van der Waals surface area contributed by atoms with Crippen molar-refractivity contribution in [3.8, 4) is 5.75 Å². The van der Waals surface area contributed by atoms with E-state index in [1.807, 2.05) is 19.1 Å². The van der Waals surface area contributed by atoms with Gasteiger partial charge < -0.3 is 14.8 Å². The Labute approximate surface area is 112 Å². The molecule has 0 amide bonds. The van der Waals surface area contributed by atoms with Crippen molar-refractivity contribution in [1.29, 1.82) is 0 Å². The number of halogens is 1. The van der Waals surface area contributed by atoms with Crippen LogP contribution in [0.5, 0.6) is 5.75 Å². The minimum atomic E-state index is 0.247. The maximum atomic E-state index is 5.45. The van der Waals surface area contributed by atoms with Crippen LogP contribution >= 0.6 is 15.9 Å². The van der Waals surface area contributed by atoms with Gasteiger partial charge in [-0.25, -0.2) is 0 Å². The fourth-order valence-electron chi connectivity index (χ4n) is 1.55. The molecular formula is C13H20BrNO2. The summed E-state index contributed by atoms with van der Waals surface area (Å²) in [7, 11) is 1.67. The number of ether oxygens (including phenoxy) is 2. The smallest absolute Gasteiger partial charge is 0.120 e. The van der Waals surface area contributed by atoms with Gasteiger partial charge in [-0.1, -0.05) is 22.0 Å². The van der Waals surface area contributed by atoms with Crippen LogP contribution in [0.15, 0.2) is 22.7 Å². The van der Waals surface area contributed by atoms with E-state index in [0.717, 1.165) is 29.9 Å². The lowest BCUT2D eigenvalue weighted by molar-refractivity contribution is 0.0759. The fourth-order valence-corrected chi connectivity index (χ4v) is 2.05. The first-order valence-electron chi connectivity index (χ1n) is 5.82. The highest BCUT2D eigenvalue weighted by atomic mass is 79.9. The molecule has 1 rings (SSSR count). The quantitative estimate of drug-likeness (QED) is 0.840. The fraction of sp³-hybridized carbons (Fsp3) is 0.538. The van der Waals surface area contributed by atoms with Gasteiger partial charge in [-0.05, 0) is 31.5 Å². The zero-order valence-corrected chi connectivity index (χ0v) is 12.2. The third kappa shape index (κ3) is 5.06. The van der Waals surface area contributed by atoms with Crippen molar-refractivity contribution < 1.29 is 9.47 Å². The molecule has 4 heteroatoms. The van der Waals surface area contributed by atoms with E-state index in [9.17, 15) is 0 Å². The standard InChI is InChI=1S/C13H20BrNO2/c1-4-17-10(2)8-15-9-11-5-6-12(16-3)7-13(11)14/h5-7,10,15H,4,8-9H2,1-3H3. The van der Waals surface area contributed by atoms with E-state index < -0.39 is 0 Å². The zero-order chi connectivity index (χ0) is 12.7. The summed E-state index contributed by atoms with van der Waals surface area (Å²) in [5, 5.41) is 3.37. The van der Waals surface area contributed by atoms with Gasteiger partial charge in [0.2, 0.25) is 0 Å². The average molecular weight is 302 g/mol. The third-order valence-electron chi connectivity index (χ3n) is 2.46. The molecule has 0 saturated carbocycles. The molecule has 0 saturated heterocycles. The number of rotatable bonds is 7. The van der Waals surface area contributed by atoms with Crippen LogP contribution < -0.4 is 10.1 Å². The summed E-state index contributed by atoms with van der Waals surface area (Å²) < 4.78 is 11.7. The molecule has 0 spiro atoms. The van der Waals surface area contributed by atoms with E-state index in [1.165, 1.54) is 5.56 Å². The molecule has 0 bridgehead atoms. The lowest BCUT2D eigenvalue weighted by atomic mass is 10.2. The van der Waals surface area contributed by atoms with Crippen molar-refractivity contribution in [2.24, 2.45) is 0 Å². The topological polar surface area (TPSA) is 30.5 Å². The summed E-state index contributed by atoms with van der Waals surface area (Å²) in [6.45, 7) is 6.51. The first-order valence-corrected chi connectivity index (χ1v) is 6.61. The monoisotopic (exact) mass is 301 g/mol. The van der Waals surface area contributed by atoms with Gasteiger partial charge in [0, 0.05) is 24.2 Å². The minimum Gasteiger partial charge on any atom is -0.497 e. The summed E-state index contributed by atoms with van der Waals surface area (Å²) >= 11 is 3.53. The largest absolute Gasteiger partial charge is 0.497 e. The molecule has 1 aromatic rings. The number of hydrogen-bond donors (Lipinski definition) is 1. The number of methoxy groups -OCH3 is 1. The Kier molecular flexibility index (Phi) is 6.55. The van der Waals surface area contributed by atoms with E-state index in [2.05, 4.69) is 34.2 Å². The molecular weight excluding hydrogens is 282 g/mol. The molecule has 0 aliphatic heterocycles. The van der Waals surface area contributed by atoms with Crippen molar-refractivity contribution in [2.45, 2.75) is 26.5 Å². The van der Waals surface area contributed by atoms with Crippen molar-refractivity contribution in [1.82, 2.24) is 5.32 Å². The van der Waals surface area contributed by atoms with Crippen LogP contribution in [-0.2, 0) is 11.3 Å². The molecule has 1 aromatic carbocycles. The maximum absolute atomic E-state index is 5.45. The molecule has 0 heterocycles. The maximum Gasteiger partial charge on any atom is 0.120 e. The molecule has 0 aliphatic carbocycles. The molecule has 0 aliphatic rings. The Bertz CT molecular complexity index is 344. The zero-order valence-electron chi connectivity index (χ0n) is 10.6. The molecule has 3 nitrogen and oxygen atoms in total.